The van der Waals surface area contributed by atoms with Crippen molar-refractivity contribution in [1.29, 1.82) is 0 Å². The summed E-state index contributed by atoms with van der Waals surface area (Å²) in [6.45, 7) is 0. The molecule has 0 spiro atoms. The van der Waals surface area contributed by atoms with Gasteiger partial charge in [-0.3, -0.25) is 0 Å². The number of nitrogens with one attached hydrogen (secondary N) is 1. The molecule has 6 heteroatoms. The molecule has 1 N–H and O–H groups in total. The first-order chi connectivity index (χ1) is 10.6. The monoisotopic (exact) mass is 335 g/mol. The van der Waals surface area contributed by atoms with Crippen LogP contribution in [-0.4, -0.2) is 18.1 Å². The van der Waals surface area contributed by atoms with Gasteiger partial charge in [0, 0.05) is 20.8 Å². The highest BCUT2D eigenvalue weighted by molar-refractivity contribution is 7.99. The van der Waals surface area contributed by atoms with Crippen molar-refractivity contribution in [2.24, 2.45) is 0 Å². The van der Waals surface area contributed by atoms with Crippen LogP contribution in [0.4, 0.5) is 4.39 Å². The number of carbonyl (C=O) groups is 1. The van der Waals surface area contributed by atoms with Crippen LogP contribution in [0.15, 0.2) is 52.3 Å². The Labute approximate surface area is 135 Å². The van der Waals surface area contributed by atoms with E-state index in [0.29, 0.717) is 15.6 Å². The molecule has 3 nitrogen and oxygen atoms in total. The molecule has 0 radical (unpaired) electrons. The number of aromatic nitrogens is 1. The fourth-order valence-electron chi connectivity index (χ4n) is 2.11. The average molecular weight is 336 g/mol. The van der Waals surface area contributed by atoms with Crippen molar-refractivity contribution in [1.82, 2.24) is 4.98 Å². The fourth-order valence-corrected chi connectivity index (χ4v) is 3.31. The number of H-pyrrole nitrogens is 1. The van der Waals surface area contributed by atoms with E-state index in [1.54, 1.807) is 30.3 Å². The summed E-state index contributed by atoms with van der Waals surface area (Å²) in [6.07, 6.45) is 0. The van der Waals surface area contributed by atoms with E-state index >= 15 is 0 Å². The molecule has 3 rings (SSSR count). The molecule has 0 fully saturated rings. The number of fused-ring (bicyclic) bond motifs is 1. The molecule has 0 aliphatic rings. The van der Waals surface area contributed by atoms with E-state index in [4.69, 9.17) is 16.3 Å². The lowest BCUT2D eigenvalue weighted by Gasteiger charge is -2.04. The molecule has 1 aromatic heterocycles. The van der Waals surface area contributed by atoms with Crippen LogP contribution in [0.3, 0.4) is 0 Å². The molecule has 0 aliphatic carbocycles. The maximum Gasteiger partial charge on any atom is 0.355 e. The zero-order valence-electron chi connectivity index (χ0n) is 11.5. The molecule has 0 atom stereocenters. The molecule has 0 amide bonds. The molecule has 1 heterocycles. The standard InChI is InChI=1S/C16H11ClFNO2S/c1-21-16(20)14-15(22-11-5-3-10(18)4-6-11)12-8-9(17)2-7-13(12)19-14/h2-8,19H,1H3. The average Bonchev–Trinajstić information content (AvgIpc) is 2.87. The van der Waals surface area contributed by atoms with E-state index in [1.807, 2.05) is 0 Å². The van der Waals surface area contributed by atoms with Crippen LogP contribution < -0.4 is 0 Å². The minimum Gasteiger partial charge on any atom is -0.464 e. The minimum absolute atomic E-state index is 0.306. The topological polar surface area (TPSA) is 42.1 Å². The molecule has 0 saturated heterocycles. The van der Waals surface area contributed by atoms with Crippen LogP contribution in [0.1, 0.15) is 10.5 Å². The second-order valence-corrected chi connectivity index (χ2v) is 6.09. The largest absolute Gasteiger partial charge is 0.464 e. The molecular weight excluding hydrogens is 325 g/mol. The fraction of sp³-hybridized carbons (Fsp3) is 0.0625. The summed E-state index contributed by atoms with van der Waals surface area (Å²) in [6, 6.07) is 11.4. The van der Waals surface area contributed by atoms with Gasteiger partial charge in [-0.05, 0) is 42.5 Å². The van der Waals surface area contributed by atoms with Crippen LogP contribution in [0.2, 0.25) is 5.02 Å². The normalized spacial score (nSPS) is 10.9. The number of hydrogen-bond acceptors (Lipinski definition) is 3. The van der Waals surface area contributed by atoms with Crippen molar-refractivity contribution < 1.29 is 13.9 Å². The lowest BCUT2D eigenvalue weighted by Crippen LogP contribution is -2.02. The van der Waals surface area contributed by atoms with Crippen LogP contribution in [0.25, 0.3) is 10.9 Å². The first kappa shape index (κ1) is 14.9. The van der Waals surface area contributed by atoms with Crippen molar-refractivity contribution in [2.45, 2.75) is 9.79 Å². The van der Waals surface area contributed by atoms with E-state index < -0.39 is 5.97 Å². The van der Waals surface area contributed by atoms with Gasteiger partial charge in [-0.1, -0.05) is 23.4 Å². The number of carbonyl (C=O) groups excluding carboxylic acids is 1. The molecule has 22 heavy (non-hydrogen) atoms. The first-order valence-corrected chi connectivity index (χ1v) is 7.61. The molecule has 0 aliphatic heterocycles. The molecule has 0 saturated carbocycles. The van der Waals surface area contributed by atoms with Crippen molar-refractivity contribution in [3.8, 4) is 0 Å². The van der Waals surface area contributed by atoms with Crippen molar-refractivity contribution >= 4 is 40.2 Å². The summed E-state index contributed by atoms with van der Waals surface area (Å²) in [5.74, 6) is -0.767. The number of rotatable bonds is 3. The number of halogens is 2. The predicted molar refractivity (Wildman–Crippen MR) is 85.2 cm³/mol. The van der Waals surface area contributed by atoms with Crippen molar-refractivity contribution in [3.05, 3.63) is 59.0 Å². The predicted octanol–water partition coefficient (Wildman–Crippen LogP) is 4.90. The number of aromatic amines is 1. The Morgan fingerprint density at radius 3 is 2.64 bits per heavy atom. The quantitative estimate of drug-likeness (QED) is 0.692. The first-order valence-electron chi connectivity index (χ1n) is 6.41. The van der Waals surface area contributed by atoms with E-state index in [2.05, 4.69) is 4.98 Å². The summed E-state index contributed by atoms with van der Waals surface area (Å²) in [5, 5.41) is 1.39. The molecular formula is C16H11ClFNO2S. The Kier molecular flexibility index (Phi) is 4.09. The Morgan fingerprint density at radius 2 is 1.95 bits per heavy atom. The number of benzene rings is 2. The van der Waals surface area contributed by atoms with Crippen molar-refractivity contribution in [3.63, 3.8) is 0 Å². The van der Waals surface area contributed by atoms with Gasteiger partial charge in [-0.15, -0.1) is 0 Å². The summed E-state index contributed by atoms with van der Waals surface area (Å²) >= 11 is 7.40. The lowest BCUT2D eigenvalue weighted by atomic mass is 10.2. The number of hydrogen-bond donors (Lipinski definition) is 1. The highest BCUT2D eigenvalue weighted by Gasteiger charge is 2.19. The second kappa shape index (κ2) is 6.02. The number of ether oxygens (including phenoxy) is 1. The van der Waals surface area contributed by atoms with E-state index in [-0.39, 0.29) is 5.82 Å². The van der Waals surface area contributed by atoms with Gasteiger partial charge >= 0.3 is 5.97 Å². The molecule has 112 valence electrons. The zero-order valence-corrected chi connectivity index (χ0v) is 13.1. The summed E-state index contributed by atoms with van der Waals surface area (Å²) in [5.41, 5.74) is 1.14. The van der Waals surface area contributed by atoms with Gasteiger partial charge in [0.1, 0.15) is 11.5 Å². The summed E-state index contributed by atoms with van der Waals surface area (Å²) in [7, 11) is 1.33. The summed E-state index contributed by atoms with van der Waals surface area (Å²) in [4.78, 5) is 16.5. The molecule has 0 bridgehead atoms. The van der Waals surface area contributed by atoms with Gasteiger partial charge in [0.2, 0.25) is 0 Å². The van der Waals surface area contributed by atoms with E-state index in [0.717, 1.165) is 15.8 Å². The zero-order chi connectivity index (χ0) is 15.7. The highest BCUT2D eigenvalue weighted by atomic mass is 35.5. The molecule has 2 aromatic carbocycles. The molecule has 3 aromatic rings. The number of methoxy groups -OCH3 is 1. The van der Waals surface area contributed by atoms with Crippen LogP contribution >= 0.6 is 23.4 Å². The van der Waals surface area contributed by atoms with Gasteiger partial charge < -0.3 is 9.72 Å². The Balaban J connectivity index is 2.13. The third-order valence-corrected chi connectivity index (χ3v) is 4.51. The number of esters is 1. The second-order valence-electron chi connectivity index (χ2n) is 4.57. The van der Waals surface area contributed by atoms with Crippen LogP contribution in [-0.2, 0) is 4.74 Å². The van der Waals surface area contributed by atoms with E-state index in [1.165, 1.54) is 31.0 Å². The Hall–Kier alpha value is -1.98. The lowest BCUT2D eigenvalue weighted by molar-refractivity contribution is 0.0591. The Morgan fingerprint density at radius 1 is 1.23 bits per heavy atom. The third kappa shape index (κ3) is 2.82. The SMILES string of the molecule is COC(=O)c1[nH]c2ccc(Cl)cc2c1Sc1ccc(F)cc1. The van der Waals surface area contributed by atoms with Gasteiger partial charge in [-0.2, -0.15) is 0 Å². The molecule has 0 unspecified atom stereocenters. The minimum atomic E-state index is -0.461. The third-order valence-electron chi connectivity index (χ3n) is 3.14. The smallest absolute Gasteiger partial charge is 0.355 e. The maximum absolute atomic E-state index is 13.0. The van der Waals surface area contributed by atoms with Gasteiger partial charge in [0.05, 0.1) is 12.0 Å². The van der Waals surface area contributed by atoms with Gasteiger partial charge in [-0.25, -0.2) is 9.18 Å². The van der Waals surface area contributed by atoms with Crippen molar-refractivity contribution in [2.75, 3.05) is 7.11 Å². The highest BCUT2D eigenvalue weighted by Crippen LogP contribution is 2.38. The van der Waals surface area contributed by atoms with Gasteiger partial charge in [0.25, 0.3) is 0 Å². The maximum atomic E-state index is 13.0. The van der Waals surface area contributed by atoms with Gasteiger partial charge in [0.15, 0.2) is 0 Å². The van der Waals surface area contributed by atoms with Crippen LogP contribution in [0, 0.1) is 5.82 Å². The van der Waals surface area contributed by atoms with E-state index in [9.17, 15) is 9.18 Å². The summed E-state index contributed by atoms with van der Waals surface area (Å²) < 4.78 is 17.8. The van der Waals surface area contributed by atoms with Crippen LogP contribution in [0.5, 0.6) is 0 Å². The Bertz CT molecular complexity index is 845.